The van der Waals surface area contributed by atoms with E-state index in [9.17, 15) is 4.79 Å². The number of fused-ring (bicyclic) bond motifs is 1. The van der Waals surface area contributed by atoms with Crippen molar-refractivity contribution < 1.29 is 14.3 Å². The Labute approximate surface area is 164 Å². The average Bonchev–Trinajstić information content (AvgIpc) is 3.40. The Kier molecular flexibility index (Phi) is 3.86. The molecular weight excluding hydrogens is 350 g/mol. The molecule has 1 aliphatic carbocycles. The number of rotatable bonds is 4. The Morgan fingerprint density at radius 2 is 1.50 bits per heavy atom. The Morgan fingerprint density at radius 3 is 2.18 bits per heavy atom. The zero-order valence-corrected chi connectivity index (χ0v) is 15.7. The molecule has 4 nitrogen and oxygen atoms in total. The van der Waals surface area contributed by atoms with Gasteiger partial charge in [0.25, 0.3) is 0 Å². The molecule has 0 saturated heterocycles. The molecule has 5 rings (SSSR count). The number of carbonyl (C=O) groups excluding carboxylic acids is 1. The maximum atomic E-state index is 13.0. The summed E-state index contributed by atoms with van der Waals surface area (Å²) < 4.78 is 10.8. The van der Waals surface area contributed by atoms with Crippen LogP contribution in [0.3, 0.4) is 0 Å². The van der Waals surface area contributed by atoms with E-state index in [4.69, 9.17) is 9.47 Å². The molecule has 3 aromatic rings. The number of aryl methyl sites for hydroxylation is 1. The summed E-state index contributed by atoms with van der Waals surface area (Å²) in [6, 6.07) is 22.2. The Balaban J connectivity index is 1.33. The highest BCUT2D eigenvalue weighted by Crippen LogP contribution is 2.51. The normalized spacial score (nSPS) is 15.9. The minimum atomic E-state index is -0.462. The molecule has 0 atom stereocenters. The lowest BCUT2D eigenvalue weighted by atomic mass is 9.94. The van der Waals surface area contributed by atoms with E-state index in [0.29, 0.717) is 0 Å². The van der Waals surface area contributed by atoms with E-state index >= 15 is 0 Å². The monoisotopic (exact) mass is 371 g/mol. The molecule has 1 aliphatic heterocycles. The zero-order chi connectivity index (χ0) is 19.1. The minimum Gasteiger partial charge on any atom is -0.454 e. The highest BCUT2D eigenvalue weighted by Gasteiger charge is 2.51. The van der Waals surface area contributed by atoms with Gasteiger partial charge in [-0.3, -0.25) is 4.79 Å². The quantitative estimate of drug-likeness (QED) is 0.697. The molecule has 0 unspecified atom stereocenters. The van der Waals surface area contributed by atoms with Gasteiger partial charge in [-0.2, -0.15) is 0 Å². The van der Waals surface area contributed by atoms with Gasteiger partial charge in [-0.25, -0.2) is 0 Å². The highest BCUT2D eigenvalue weighted by atomic mass is 16.7. The second-order valence-electron chi connectivity index (χ2n) is 7.55. The van der Waals surface area contributed by atoms with Crippen molar-refractivity contribution in [2.75, 3.05) is 12.1 Å². The zero-order valence-electron chi connectivity index (χ0n) is 15.7. The molecule has 2 aliphatic rings. The van der Waals surface area contributed by atoms with E-state index in [1.54, 1.807) is 0 Å². The number of hydrogen-bond donors (Lipinski definition) is 1. The first kappa shape index (κ1) is 16.9. The number of anilines is 1. The van der Waals surface area contributed by atoms with Gasteiger partial charge in [0.15, 0.2) is 11.5 Å². The van der Waals surface area contributed by atoms with E-state index in [0.717, 1.165) is 41.2 Å². The molecule has 1 N–H and O–H groups in total. The molecule has 0 bridgehead atoms. The van der Waals surface area contributed by atoms with Crippen molar-refractivity contribution >= 4 is 11.6 Å². The Bertz CT molecular complexity index is 1030. The lowest BCUT2D eigenvalue weighted by Gasteiger charge is -2.16. The SMILES string of the molecule is Cc1ccc(-c2ccc(NC(=O)C3(c4ccc5c(c4)OCO5)CC3)cc2)cc1. The molecule has 140 valence electrons. The van der Waals surface area contributed by atoms with Crippen molar-refractivity contribution in [2.24, 2.45) is 0 Å². The predicted octanol–water partition coefficient (Wildman–Crippen LogP) is 5.06. The number of carbonyl (C=O) groups is 1. The van der Waals surface area contributed by atoms with Crippen molar-refractivity contribution in [2.45, 2.75) is 25.2 Å². The van der Waals surface area contributed by atoms with Crippen LogP contribution in [0.1, 0.15) is 24.0 Å². The molecule has 0 aromatic heterocycles. The van der Waals surface area contributed by atoms with Gasteiger partial charge in [0.1, 0.15) is 0 Å². The van der Waals surface area contributed by atoms with Crippen LogP contribution in [0.5, 0.6) is 11.5 Å². The maximum absolute atomic E-state index is 13.0. The van der Waals surface area contributed by atoms with Crippen molar-refractivity contribution in [3.05, 3.63) is 77.9 Å². The summed E-state index contributed by atoms with van der Waals surface area (Å²) >= 11 is 0. The van der Waals surface area contributed by atoms with E-state index in [1.165, 1.54) is 11.1 Å². The van der Waals surface area contributed by atoms with Crippen LogP contribution in [0.4, 0.5) is 5.69 Å². The fourth-order valence-electron chi connectivity index (χ4n) is 3.71. The summed E-state index contributed by atoms with van der Waals surface area (Å²) in [7, 11) is 0. The summed E-state index contributed by atoms with van der Waals surface area (Å²) in [4.78, 5) is 13.0. The largest absolute Gasteiger partial charge is 0.454 e. The first-order valence-corrected chi connectivity index (χ1v) is 9.53. The number of amides is 1. The minimum absolute atomic E-state index is 0.0365. The standard InChI is InChI=1S/C24H21NO3/c1-16-2-4-17(5-3-16)18-6-9-20(10-7-18)25-23(26)24(12-13-24)19-8-11-21-22(14-19)28-15-27-21/h2-11,14H,12-13,15H2,1H3,(H,25,26). The number of hydrogen-bond acceptors (Lipinski definition) is 3. The highest BCUT2D eigenvalue weighted by molar-refractivity contribution is 6.01. The molecule has 4 heteroatoms. The van der Waals surface area contributed by atoms with Gasteiger partial charge in [0.05, 0.1) is 5.41 Å². The molecular formula is C24H21NO3. The Hall–Kier alpha value is -3.27. The molecule has 1 fully saturated rings. The van der Waals surface area contributed by atoms with Crippen LogP contribution in [0.25, 0.3) is 11.1 Å². The van der Waals surface area contributed by atoms with Crippen molar-refractivity contribution in [3.63, 3.8) is 0 Å². The number of ether oxygens (including phenoxy) is 2. The summed E-state index contributed by atoms with van der Waals surface area (Å²) in [5.74, 6) is 1.50. The molecule has 28 heavy (non-hydrogen) atoms. The van der Waals surface area contributed by atoms with Crippen LogP contribution in [0.2, 0.25) is 0 Å². The van der Waals surface area contributed by atoms with Gasteiger partial charge in [0, 0.05) is 5.69 Å². The van der Waals surface area contributed by atoms with Gasteiger partial charge in [0.2, 0.25) is 12.7 Å². The van der Waals surface area contributed by atoms with Crippen LogP contribution in [0.15, 0.2) is 66.7 Å². The summed E-state index contributed by atoms with van der Waals surface area (Å²) in [6.45, 7) is 2.32. The molecule has 1 saturated carbocycles. The second-order valence-corrected chi connectivity index (χ2v) is 7.55. The fourth-order valence-corrected chi connectivity index (χ4v) is 3.71. The van der Waals surface area contributed by atoms with Crippen molar-refractivity contribution in [3.8, 4) is 22.6 Å². The number of benzene rings is 3. The van der Waals surface area contributed by atoms with Gasteiger partial charge >= 0.3 is 0 Å². The van der Waals surface area contributed by atoms with Crippen molar-refractivity contribution in [1.29, 1.82) is 0 Å². The lowest BCUT2D eigenvalue weighted by Crippen LogP contribution is -2.27. The predicted molar refractivity (Wildman–Crippen MR) is 109 cm³/mol. The first-order valence-electron chi connectivity index (χ1n) is 9.53. The van der Waals surface area contributed by atoms with Gasteiger partial charge in [-0.1, -0.05) is 48.0 Å². The Morgan fingerprint density at radius 1 is 0.857 bits per heavy atom. The van der Waals surface area contributed by atoms with E-state index in [1.807, 2.05) is 42.5 Å². The maximum Gasteiger partial charge on any atom is 0.235 e. The van der Waals surface area contributed by atoms with E-state index < -0.39 is 5.41 Å². The van der Waals surface area contributed by atoms with Crippen LogP contribution < -0.4 is 14.8 Å². The first-order chi connectivity index (χ1) is 13.6. The second kappa shape index (κ2) is 6.41. The summed E-state index contributed by atoms with van der Waals surface area (Å²) in [6.07, 6.45) is 1.69. The third-order valence-corrected chi connectivity index (χ3v) is 5.64. The molecule has 0 radical (unpaired) electrons. The third-order valence-electron chi connectivity index (χ3n) is 5.64. The van der Waals surface area contributed by atoms with E-state index in [2.05, 4.69) is 36.5 Å². The smallest absolute Gasteiger partial charge is 0.235 e. The van der Waals surface area contributed by atoms with Crippen LogP contribution in [-0.4, -0.2) is 12.7 Å². The fraction of sp³-hybridized carbons (Fsp3) is 0.208. The van der Waals surface area contributed by atoms with Crippen molar-refractivity contribution in [1.82, 2.24) is 0 Å². The van der Waals surface area contributed by atoms with Crippen LogP contribution in [-0.2, 0) is 10.2 Å². The number of nitrogens with one attached hydrogen (secondary N) is 1. The summed E-state index contributed by atoms with van der Waals surface area (Å²) in [5, 5.41) is 3.09. The average molecular weight is 371 g/mol. The summed E-state index contributed by atoms with van der Waals surface area (Å²) in [5.41, 5.74) is 4.89. The third kappa shape index (κ3) is 2.91. The van der Waals surface area contributed by atoms with Crippen LogP contribution in [0, 0.1) is 6.92 Å². The van der Waals surface area contributed by atoms with Crippen LogP contribution >= 0.6 is 0 Å². The molecule has 0 spiro atoms. The topological polar surface area (TPSA) is 47.6 Å². The van der Waals surface area contributed by atoms with E-state index in [-0.39, 0.29) is 12.7 Å². The lowest BCUT2D eigenvalue weighted by molar-refractivity contribution is -0.118. The van der Waals surface area contributed by atoms with Gasteiger partial charge in [-0.05, 0) is 60.7 Å². The molecule has 1 heterocycles. The molecule has 1 amide bonds. The van der Waals surface area contributed by atoms with Gasteiger partial charge in [-0.15, -0.1) is 0 Å². The van der Waals surface area contributed by atoms with Gasteiger partial charge < -0.3 is 14.8 Å². The molecule has 3 aromatic carbocycles.